The van der Waals surface area contributed by atoms with Gasteiger partial charge in [0.25, 0.3) is 0 Å². The molecule has 2 heterocycles. The van der Waals surface area contributed by atoms with Gasteiger partial charge in [-0.2, -0.15) is 0 Å². The molecule has 0 saturated carbocycles. The number of carbonyl (C=O) groups excluding carboxylic acids is 1. The lowest BCUT2D eigenvalue weighted by Gasteiger charge is -2.21. The van der Waals surface area contributed by atoms with Crippen LogP contribution in [0, 0.1) is 6.92 Å². The molecule has 38 heavy (non-hydrogen) atoms. The minimum Gasteiger partial charge on any atom is -0.478 e. The van der Waals surface area contributed by atoms with Gasteiger partial charge in [-0.1, -0.05) is 75.2 Å². The first-order valence-electron chi connectivity index (χ1n) is 13.3. The highest BCUT2D eigenvalue weighted by molar-refractivity contribution is 5.96. The smallest absolute Gasteiger partial charge is 0.408 e. The van der Waals surface area contributed by atoms with E-state index in [9.17, 15) is 14.7 Å². The molecular formula is C31H35N3O4. The van der Waals surface area contributed by atoms with E-state index in [1.165, 1.54) is 0 Å². The van der Waals surface area contributed by atoms with Gasteiger partial charge in [-0.3, -0.25) is 4.40 Å². The number of nitrogens with one attached hydrogen (secondary N) is 1. The first-order chi connectivity index (χ1) is 18.4. The lowest BCUT2D eigenvalue weighted by Crippen LogP contribution is -2.28. The molecule has 7 nitrogen and oxygen atoms in total. The fourth-order valence-electron chi connectivity index (χ4n) is 4.54. The number of fused-ring (bicyclic) bond motifs is 1. The van der Waals surface area contributed by atoms with Gasteiger partial charge < -0.3 is 15.2 Å². The highest BCUT2D eigenvalue weighted by Crippen LogP contribution is 2.31. The maximum atomic E-state index is 12.8. The van der Waals surface area contributed by atoms with E-state index in [1.54, 1.807) is 18.2 Å². The van der Waals surface area contributed by atoms with Crippen LogP contribution in [0.5, 0.6) is 0 Å². The fourth-order valence-corrected chi connectivity index (χ4v) is 4.54. The molecule has 4 aromatic rings. The highest BCUT2D eigenvalue weighted by Gasteiger charge is 2.23. The number of rotatable bonds is 11. The number of aromatic carboxylic acids is 1. The first-order valence-corrected chi connectivity index (χ1v) is 13.3. The molecule has 2 N–H and O–H groups in total. The predicted octanol–water partition coefficient (Wildman–Crippen LogP) is 6.97. The Kier molecular flexibility index (Phi) is 8.79. The molecule has 0 spiro atoms. The van der Waals surface area contributed by atoms with E-state index in [1.807, 2.05) is 60.0 Å². The van der Waals surface area contributed by atoms with Gasteiger partial charge in [0.05, 0.1) is 17.0 Å². The van der Waals surface area contributed by atoms with Crippen molar-refractivity contribution in [2.24, 2.45) is 0 Å². The number of aryl methyl sites for hydroxylation is 2. The summed E-state index contributed by atoms with van der Waals surface area (Å²) in [5.74, 6) is -0.976. The maximum Gasteiger partial charge on any atom is 0.408 e. The van der Waals surface area contributed by atoms with Crippen LogP contribution in [0.1, 0.15) is 78.5 Å². The van der Waals surface area contributed by atoms with Crippen LogP contribution in [0.15, 0.2) is 66.9 Å². The van der Waals surface area contributed by atoms with E-state index in [4.69, 9.17) is 9.72 Å². The van der Waals surface area contributed by atoms with E-state index in [0.29, 0.717) is 12.1 Å². The second kappa shape index (κ2) is 12.4. The van der Waals surface area contributed by atoms with Crippen molar-refractivity contribution in [2.75, 3.05) is 6.54 Å². The molecule has 4 rings (SSSR count). The van der Waals surface area contributed by atoms with Crippen LogP contribution >= 0.6 is 0 Å². The number of imidazole rings is 1. The number of unbranched alkanes of at least 4 members (excludes halogenated alkanes) is 2. The van der Waals surface area contributed by atoms with Crippen molar-refractivity contribution in [1.29, 1.82) is 0 Å². The van der Waals surface area contributed by atoms with Crippen LogP contribution in [-0.4, -0.2) is 33.1 Å². The zero-order valence-corrected chi connectivity index (χ0v) is 22.2. The van der Waals surface area contributed by atoms with Crippen molar-refractivity contribution in [3.05, 3.63) is 94.9 Å². The molecule has 0 aliphatic carbocycles. The number of carbonyl (C=O) groups is 2. The Morgan fingerprint density at radius 2 is 1.74 bits per heavy atom. The van der Waals surface area contributed by atoms with Crippen molar-refractivity contribution < 1.29 is 19.4 Å². The van der Waals surface area contributed by atoms with E-state index in [2.05, 4.69) is 19.2 Å². The molecule has 0 bridgehead atoms. The van der Waals surface area contributed by atoms with Crippen LogP contribution in [-0.2, 0) is 11.2 Å². The minimum absolute atomic E-state index is 0.238. The predicted molar refractivity (Wildman–Crippen MR) is 149 cm³/mol. The summed E-state index contributed by atoms with van der Waals surface area (Å²) in [6.07, 6.45) is 5.73. The van der Waals surface area contributed by atoms with Crippen LogP contribution < -0.4 is 5.32 Å². The Morgan fingerprint density at radius 1 is 1.00 bits per heavy atom. The third-order valence-corrected chi connectivity index (χ3v) is 6.65. The summed E-state index contributed by atoms with van der Waals surface area (Å²) >= 11 is 0. The Balaban J connectivity index is 1.75. The first kappa shape index (κ1) is 26.9. The Hall–Kier alpha value is -4.13. The van der Waals surface area contributed by atoms with E-state index in [0.717, 1.165) is 65.8 Å². The van der Waals surface area contributed by atoms with Gasteiger partial charge >= 0.3 is 12.1 Å². The van der Waals surface area contributed by atoms with Gasteiger partial charge in [0, 0.05) is 12.7 Å². The Labute approximate surface area is 223 Å². The quantitative estimate of drug-likeness (QED) is 0.211. The normalized spacial score (nSPS) is 11.9. The average molecular weight is 514 g/mol. The molecule has 1 amide bonds. The highest BCUT2D eigenvalue weighted by atomic mass is 16.6. The van der Waals surface area contributed by atoms with Gasteiger partial charge in [-0.25, -0.2) is 14.6 Å². The Morgan fingerprint density at radius 3 is 2.45 bits per heavy atom. The molecule has 0 aliphatic rings. The van der Waals surface area contributed by atoms with Gasteiger partial charge in [0.1, 0.15) is 5.65 Å². The monoisotopic (exact) mass is 513 g/mol. The van der Waals surface area contributed by atoms with Crippen molar-refractivity contribution in [1.82, 2.24) is 14.7 Å². The van der Waals surface area contributed by atoms with E-state index in [-0.39, 0.29) is 5.56 Å². The zero-order chi connectivity index (χ0) is 27.1. The average Bonchev–Trinajstić information content (AvgIpc) is 3.36. The van der Waals surface area contributed by atoms with E-state index < -0.39 is 18.2 Å². The number of ether oxygens (including phenoxy) is 1. The Bertz CT molecular complexity index is 1410. The van der Waals surface area contributed by atoms with Crippen molar-refractivity contribution in [3.63, 3.8) is 0 Å². The summed E-state index contributed by atoms with van der Waals surface area (Å²) in [6.45, 7) is 6.80. The SMILES string of the molecule is CCCCNC(=O)O[C@H](c1ccc(-c2ccccc2C(=O)O)cc1)c1ccc(C)c2nc(CCCC)cn12. The zero-order valence-electron chi connectivity index (χ0n) is 22.2. The molecule has 2 aromatic carbocycles. The molecule has 0 saturated heterocycles. The number of amides is 1. The second-order valence-electron chi connectivity index (χ2n) is 9.51. The van der Waals surface area contributed by atoms with Crippen molar-refractivity contribution in [2.45, 2.75) is 59.0 Å². The van der Waals surface area contributed by atoms with Gasteiger partial charge in [-0.05, 0) is 60.6 Å². The number of nitrogens with zero attached hydrogens (tertiary/aromatic N) is 2. The number of carboxylic acid groups (broad SMARTS) is 1. The molecule has 198 valence electrons. The van der Waals surface area contributed by atoms with Crippen LogP contribution in [0.2, 0.25) is 0 Å². The van der Waals surface area contributed by atoms with Crippen LogP contribution in [0.25, 0.3) is 16.8 Å². The number of alkyl carbamates (subject to hydrolysis) is 1. The van der Waals surface area contributed by atoms with Crippen LogP contribution in [0.4, 0.5) is 4.79 Å². The van der Waals surface area contributed by atoms with E-state index >= 15 is 0 Å². The number of hydrogen-bond donors (Lipinski definition) is 2. The molecule has 0 fully saturated rings. The number of hydrogen-bond acceptors (Lipinski definition) is 4. The summed E-state index contributed by atoms with van der Waals surface area (Å²) < 4.78 is 8.05. The largest absolute Gasteiger partial charge is 0.478 e. The topological polar surface area (TPSA) is 92.9 Å². The molecule has 2 aromatic heterocycles. The standard InChI is InChI=1S/C31H35N3O4/c1-4-6-10-24-20-34-27(18-13-21(3)29(34)33-24)28(38-31(37)32-19-7-5-2)23-16-14-22(15-17-23)25-11-8-9-12-26(25)30(35)36/h8-9,11-18,20,28H,4-7,10,19H2,1-3H3,(H,32,37)(H,35,36)/t28-/m1/s1. The fraction of sp³-hybridized carbons (Fsp3) is 0.323. The number of carboxylic acids is 1. The number of aromatic nitrogens is 2. The molecule has 1 atom stereocenters. The lowest BCUT2D eigenvalue weighted by atomic mass is 9.97. The van der Waals surface area contributed by atoms with Crippen molar-refractivity contribution >= 4 is 17.7 Å². The number of pyridine rings is 1. The summed E-state index contributed by atoms with van der Waals surface area (Å²) in [5.41, 5.74) is 6.12. The minimum atomic E-state index is -0.976. The molecule has 0 radical (unpaired) electrons. The third-order valence-electron chi connectivity index (χ3n) is 6.65. The molecular weight excluding hydrogens is 478 g/mol. The molecule has 0 unspecified atom stereocenters. The number of benzene rings is 2. The van der Waals surface area contributed by atoms with Gasteiger partial charge in [-0.15, -0.1) is 0 Å². The summed E-state index contributed by atoms with van der Waals surface area (Å²) in [6, 6.07) is 18.4. The van der Waals surface area contributed by atoms with Gasteiger partial charge in [0.15, 0.2) is 6.10 Å². The molecule has 7 heteroatoms. The summed E-state index contributed by atoms with van der Waals surface area (Å²) in [5, 5.41) is 12.5. The maximum absolute atomic E-state index is 12.8. The molecule has 0 aliphatic heterocycles. The second-order valence-corrected chi connectivity index (χ2v) is 9.51. The third kappa shape index (κ3) is 6.05. The van der Waals surface area contributed by atoms with Crippen molar-refractivity contribution in [3.8, 4) is 11.1 Å². The summed E-state index contributed by atoms with van der Waals surface area (Å²) in [7, 11) is 0. The lowest BCUT2D eigenvalue weighted by molar-refractivity contribution is 0.0697. The summed E-state index contributed by atoms with van der Waals surface area (Å²) in [4.78, 5) is 29.4. The van der Waals surface area contributed by atoms with Crippen LogP contribution in [0.3, 0.4) is 0 Å². The van der Waals surface area contributed by atoms with Gasteiger partial charge in [0.2, 0.25) is 0 Å².